The number of guanidine groups is 1. The summed E-state index contributed by atoms with van der Waals surface area (Å²) in [6, 6.07) is 8.33. The van der Waals surface area contributed by atoms with Crippen molar-refractivity contribution in [3.05, 3.63) is 47.3 Å². The van der Waals surface area contributed by atoms with Gasteiger partial charge in [0.1, 0.15) is 5.75 Å². The number of aromatic amines is 1. The molecule has 1 aliphatic rings. The van der Waals surface area contributed by atoms with Crippen molar-refractivity contribution in [1.29, 1.82) is 0 Å². The molecule has 2 aromatic rings. The van der Waals surface area contributed by atoms with Crippen molar-refractivity contribution in [2.45, 2.75) is 51.8 Å². The summed E-state index contributed by atoms with van der Waals surface area (Å²) in [6.45, 7) is 3.42. The van der Waals surface area contributed by atoms with Gasteiger partial charge in [0, 0.05) is 25.4 Å². The summed E-state index contributed by atoms with van der Waals surface area (Å²) in [5.41, 5.74) is 3.39. The molecule has 0 unspecified atom stereocenters. The van der Waals surface area contributed by atoms with Crippen LogP contribution in [-0.2, 0) is 13.1 Å². The van der Waals surface area contributed by atoms with Gasteiger partial charge in [0.25, 0.3) is 0 Å². The van der Waals surface area contributed by atoms with Crippen LogP contribution in [0.1, 0.15) is 42.5 Å². The van der Waals surface area contributed by atoms with E-state index in [2.05, 4.69) is 50.9 Å². The van der Waals surface area contributed by atoms with E-state index in [1.807, 2.05) is 6.07 Å². The van der Waals surface area contributed by atoms with Crippen LogP contribution in [0.25, 0.3) is 0 Å². The first-order valence-electron chi connectivity index (χ1n) is 8.93. The minimum absolute atomic E-state index is 0.360. The smallest absolute Gasteiger partial charge is 0.191 e. The van der Waals surface area contributed by atoms with Crippen molar-refractivity contribution in [1.82, 2.24) is 20.8 Å². The van der Waals surface area contributed by atoms with Crippen molar-refractivity contribution in [2.24, 2.45) is 4.99 Å². The van der Waals surface area contributed by atoms with Gasteiger partial charge in [-0.3, -0.25) is 10.1 Å². The zero-order valence-electron chi connectivity index (χ0n) is 15.0. The Morgan fingerprint density at radius 1 is 1.24 bits per heavy atom. The Balaban J connectivity index is 1.59. The predicted molar refractivity (Wildman–Crippen MR) is 99.7 cm³/mol. The maximum atomic E-state index is 6.26. The molecule has 0 radical (unpaired) electrons. The fourth-order valence-corrected chi connectivity index (χ4v) is 3.06. The normalized spacial score (nSPS) is 15.4. The molecule has 3 rings (SSSR count). The van der Waals surface area contributed by atoms with Gasteiger partial charge in [0.2, 0.25) is 0 Å². The monoisotopic (exact) mass is 341 g/mol. The minimum Gasteiger partial charge on any atom is -0.490 e. The molecular weight excluding hydrogens is 314 g/mol. The second-order valence-electron chi connectivity index (χ2n) is 6.50. The minimum atomic E-state index is 0.360. The largest absolute Gasteiger partial charge is 0.490 e. The molecule has 6 nitrogen and oxygen atoms in total. The third-order valence-corrected chi connectivity index (χ3v) is 4.49. The number of hydrogen-bond donors (Lipinski definition) is 3. The van der Waals surface area contributed by atoms with Crippen LogP contribution in [0.4, 0.5) is 0 Å². The Bertz CT molecular complexity index is 690. The van der Waals surface area contributed by atoms with Gasteiger partial charge in [-0.05, 0) is 50.3 Å². The van der Waals surface area contributed by atoms with Gasteiger partial charge in [0.15, 0.2) is 5.96 Å². The maximum absolute atomic E-state index is 6.26. The predicted octanol–water partition coefficient (Wildman–Crippen LogP) is 2.90. The molecular formula is C19H27N5O. The number of ether oxygens (including phenoxy) is 1. The van der Waals surface area contributed by atoms with Gasteiger partial charge < -0.3 is 15.4 Å². The van der Waals surface area contributed by atoms with Crippen LogP contribution < -0.4 is 15.4 Å². The maximum Gasteiger partial charge on any atom is 0.191 e. The summed E-state index contributed by atoms with van der Waals surface area (Å²) >= 11 is 0. The number of benzene rings is 1. The van der Waals surface area contributed by atoms with Crippen LogP contribution in [0.3, 0.4) is 0 Å². The van der Waals surface area contributed by atoms with Crippen LogP contribution in [0.2, 0.25) is 0 Å². The molecule has 1 heterocycles. The number of aliphatic imine (C=N–C) groups is 1. The highest BCUT2D eigenvalue weighted by Gasteiger charge is 2.18. The molecule has 0 saturated heterocycles. The van der Waals surface area contributed by atoms with E-state index in [1.165, 1.54) is 18.4 Å². The Morgan fingerprint density at radius 2 is 2.04 bits per heavy atom. The molecule has 0 bridgehead atoms. The summed E-state index contributed by atoms with van der Waals surface area (Å²) in [7, 11) is 1.77. The van der Waals surface area contributed by atoms with E-state index in [4.69, 9.17) is 4.74 Å². The quantitative estimate of drug-likeness (QED) is 0.558. The highest BCUT2D eigenvalue weighted by molar-refractivity contribution is 5.79. The number of nitrogens with one attached hydrogen (secondary N) is 3. The third-order valence-electron chi connectivity index (χ3n) is 4.49. The lowest BCUT2D eigenvalue weighted by atomic mass is 10.1. The molecule has 1 fully saturated rings. The molecule has 0 amide bonds. The fourth-order valence-electron chi connectivity index (χ4n) is 3.06. The summed E-state index contributed by atoms with van der Waals surface area (Å²) in [5, 5.41) is 13.5. The van der Waals surface area contributed by atoms with E-state index >= 15 is 0 Å². The Morgan fingerprint density at radius 3 is 2.76 bits per heavy atom. The van der Waals surface area contributed by atoms with E-state index in [1.54, 1.807) is 13.2 Å². The molecule has 0 atom stereocenters. The second kappa shape index (κ2) is 8.55. The number of rotatable bonds is 6. The summed E-state index contributed by atoms with van der Waals surface area (Å²) in [4.78, 5) is 4.27. The fraction of sp³-hybridized carbons (Fsp3) is 0.474. The average molecular weight is 341 g/mol. The SMILES string of the molecule is CN=C(NCc1ccn[nH]1)NCc1ccc(C)cc1OC1CCCC1. The number of nitrogens with zero attached hydrogens (tertiary/aromatic N) is 2. The highest BCUT2D eigenvalue weighted by Crippen LogP contribution is 2.27. The van der Waals surface area contributed by atoms with E-state index in [0.717, 1.165) is 35.8 Å². The lowest BCUT2D eigenvalue weighted by Gasteiger charge is -2.18. The van der Waals surface area contributed by atoms with Crippen LogP contribution >= 0.6 is 0 Å². The van der Waals surface area contributed by atoms with Gasteiger partial charge in [0.05, 0.1) is 18.3 Å². The molecule has 25 heavy (non-hydrogen) atoms. The summed E-state index contributed by atoms with van der Waals surface area (Å²) in [5.74, 6) is 1.74. The van der Waals surface area contributed by atoms with Gasteiger partial charge in [-0.25, -0.2) is 0 Å². The zero-order valence-corrected chi connectivity index (χ0v) is 15.0. The van der Waals surface area contributed by atoms with E-state index in [0.29, 0.717) is 19.2 Å². The molecule has 1 saturated carbocycles. The summed E-state index contributed by atoms with van der Waals surface area (Å²) < 4.78 is 6.26. The van der Waals surface area contributed by atoms with Crippen molar-refractivity contribution < 1.29 is 4.74 Å². The molecule has 6 heteroatoms. The van der Waals surface area contributed by atoms with Crippen molar-refractivity contribution in [3.8, 4) is 5.75 Å². The lowest BCUT2D eigenvalue weighted by Crippen LogP contribution is -2.36. The highest BCUT2D eigenvalue weighted by atomic mass is 16.5. The third kappa shape index (κ3) is 4.98. The van der Waals surface area contributed by atoms with Crippen molar-refractivity contribution >= 4 is 5.96 Å². The Hall–Kier alpha value is -2.50. The van der Waals surface area contributed by atoms with Crippen LogP contribution in [0, 0.1) is 6.92 Å². The van der Waals surface area contributed by atoms with Crippen LogP contribution in [0.15, 0.2) is 35.5 Å². The standard InChI is InChI=1S/C19H27N5O/c1-14-7-8-15(18(11-14)25-17-5-3-4-6-17)12-21-19(20-2)22-13-16-9-10-23-24-16/h7-11,17H,3-6,12-13H2,1-2H3,(H,23,24)(H2,20,21,22). The molecule has 0 spiro atoms. The van der Waals surface area contributed by atoms with Gasteiger partial charge in [-0.1, -0.05) is 12.1 Å². The van der Waals surface area contributed by atoms with Crippen molar-refractivity contribution in [3.63, 3.8) is 0 Å². The number of hydrogen-bond acceptors (Lipinski definition) is 3. The molecule has 1 aromatic carbocycles. The molecule has 1 aromatic heterocycles. The molecule has 134 valence electrons. The second-order valence-corrected chi connectivity index (χ2v) is 6.50. The van der Waals surface area contributed by atoms with Crippen LogP contribution in [0.5, 0.6) is 5.75 Å². The van der Waals surface area contributed by atoms with Gasteiger partial charge in [-0.2, -0.15) is 5.10 Å². The average Bonchev–Trinajstić information content (AvgIpc) is 3.30. The molecule has 3 N–H and O–H groups in total. The molecule has 0 aliphatic heterocycles. The van der Waals surface area contributed by atoms with Gasteiger partial charge >= 0.3 is 0 Å². The van der Waals surface area contributed by atoms with E-state index < -0.39 is 0 Å². The summed E-state index contributed by atoms with van der Waals surface area (Å²) in [6.07, 6.45) is 6.97. The first kappa shape index (κ1) is 17.3. The first-order valence-corrected chi connectivity index (χ1v) is 8.93. The first-order chi connectivity index (χ1) is 12.2. The van der Waals surface area contributed by atoms with E-state index in [9.17, 15) is 0 Å². The molecule has 1 aliphatic carbocycles. The Kier molecular flexibility index (Phi) is 5.93. The van der Waals surface area contributed by atoms with Gasteiger partial charge in [-0.15, -0.1) is 0 Å². The number of H-pyrrole nitrogens is 1. The lowest BCUT2D eigenvalue weighted by molar-refractivity contribution is 0.207. The van der Waals surface area contributed by atoms with E-state index in [-0.39, 0.29) is 0 Å². The zero-order chi connectivity index (χ0) is 17.5. The Labute approximate surface area is 149 Å². The topological polar surface area (TPSA) is 74.3 Å². The number of aryl methyl sites for hydroxylation is 1. The van der Waals surface area contributed by atoms with Crippen molar-refractivity contribution in [2.75, 3.05) is 7.05 Å². The van der Waals surface area contributed by atoms with Crippen LogP contribution in [-0.4, -0.2) is 29.3 Å². The number of aromatic nitrogens is 2.